The Morgan fingerprint density at radius 3 is 1.78 bits per heavy atom. The Hall–Kier alpha value is -1.29. The molecule has 1 unspecified atom stereocenters. The highest BCUT2D eigenvalue weighted by molar-refractivity contribution is 7.90. The zero-order valence-corrected chi connectivity index (χ0v) is 10.9. The van der Waals surface area contributed by atoms with Crippen molar-refractivity contribution in [1.29, 1.82) is 0 Å². The van der Waals surface area contributed by atoms with Gasteiger partial charge in [-0.15, -0.1) is 0 Å². The monoisotopic (exact) mass is 258 g/mol. The van der Waals surface area contributed by atoms with Crippen LogP contribution in [0.25, 0.3) is 0 Å². The van der Waals surface area contributed by atoms with Crippen molar-refractivity contribution in [1.82, 2.24) is 0 Å². The molecule has 0 spiro atoms. The van der Waals surface area contributed by atoms with Crippen molar-refractivity contribution in [3.8, 4) is 0 Å². The van der Waals surface area contributed by atoms with E-state index in [0.29, 0.717) is 0 Å². The number of hydrogen-bond donors (Lipinski definition) is 0. The van der Waals surface area contributed by atoms with Crippen molar-refractivity contribution in [3.63, 3.8) is 0 Å². The standard InChI is InChI=1S/C15H14O2S/c1-12-15(17-18-16-12,13-8-4-2-5-9-13)14-10-6-3-7-11-14/h2-12H,1H3. The third-order valence-corrected chi connectivity index (χ3v) is 4.03. The van der Waals surface area contributed by atoms with E-state index < -0.39 is 5.60 Å². The lowest BCUT2D eigenvalue weighted by Gasteiger charge is -2.30. The van der Waals surface area contributed by atoms with Crippen molar-refractivity contribution in [2.24, 2.45) is 0 Å². The first kappa shape index (κ1) is 11.8. The molecule has 18 heavy (non-hydrogen) atoms. The van der Waals surface area contributed by atoms with Crippen LogP contribution in [-0.2, 0) is 14.0 Å². The maximum Gasteiger partial charge on any atom is 0.162 e. The van der Waals surface area contributed by atoms with Crippen molar-refractivity contribution in [3.05, 3.63) is 71.8 Å². The lowest BCUT2D eigenvalue weighted by molar-refractivity contribution is 0.0864. The molecule has 1 heterocycles. The van der Waals surface area contributed by atoms with Gasteiger partial charge in [-0.2, -0.15) is 0 Å². The zero-order valence-electron chi connectivity index (χ0n) is 10.1. The minimum absolute atomic E-state index is 0.0349. The van der Waals surface area contributed by atoms with Gasteiger partial charge in [0.1, 0.15) is 6.10 Å². The SMILES string of the molecule is CC1OSOC1(c1ccccc1)c1ccccc1. The highest BCUT2D eigenvalue weighted by atomic mass is 32.2. The van der Waals surface area contributed by atoms with Crippen LogP contribution < -0.4 is 0 Å². The molecule has 0 N–H and O–H groups in total. The highest BCUT2D eigenvalue weighted by Crippen LogP contribution is 2.47. The molecule has 3 heteroatoms. The number of hydrogen-bond acceptors (Lipinski definition) is 3. The Balaban J connectivity index is 2.17. The summed E-state index contributed by atoms with van der Waals surface area (Å²) in [6, 6.07) is 20.5. The quantitative estimate of drug-likeness (QED) is 0.760. The second kappa shape index (κ2) is 4.76. The Kier molecular flexibility index (Phi) is 3.12. The first-order chi connectivity index (χ1) is 8.84. The van der Waals surface area contributed by atoms with Gasteiger partial charge >= 0.3 is 0 Å². The highest BCUT2D eigenvalue weighted by Gasteiger charge is 2.47. The fraction of sp³-hybridized carbons (Fsp3) is 0.200. The first-order valence-corrected chi connectivity index (χ1v) is 6.63. The van der Waals surface area contributed by atoms with Crippen LogP contribution >= 0.6 is 12.3 Å². The van der Waals surface area contributed by atoms with Gasteiger partial charge in [0.05, 0.1) is 0 Å². The van der Waals surface area contributed by atoms with Crippen molar-refractivity contribution in [2.45, 2.75) is 18.6 Å². The maximum absolute atomic E-state index is 5.92. The molecule has 2 aromatic carbocycles. The van der Waals surface area contributed by atoms with Gasteiger partial charge in [-0.05, 0) is 18.1 Å². The Labute approximate surface area is 111 Å². The van der Waals surface area contributed by atoms with Crippen LogP contribution in [0, 0.1) is 0 Å². The van der Waals surface area contributed by atoms with E-state index in [4.69, 9.17) is 8.37 Å². The van der Waals surface area contributed by atoms with Crippen molar-refractivity contribution in [2.75, 3.05) is 0 Å². The second-order valence-corrected chi connectivity index (χ2v) is 4.85. The van der Waals surface area contributed by atoms with E-state index >= 15 is 0 Å². The summed E-state index contributed by atoms with van der Waals surface area (Å²) in [7, 11) is 0. The Bertz CT molecular complexity index is 473. The molecule has 1 saturated heterocycles. The van der Waals surface area contributed by atoms with E-state index in [1.165, 1.54) is 0 Å². The minimum Gasteiger partial charge on any atom is -0.284 e. The molecular weight excluding hydrogens is 244 g/mol. The summed E-state index contributed by atoms with van der Waals surface area (Å²) < 4.78 is 11.5. The second-order valence-electron chi connectivity index (χ2n) is 4.36. The normalized spacial score (nSPS) is 21.9. The molecule has 2 aromatic rings. The molecule has 0 bridgehead atoms. The predicted molar refractivity (Wildman–Crippen MR) is 72.9 cm³/mol. The third-order valence-electron chi connectivity index (χ3n) is 3.33. The topological polar surface area (TPSA) is 18.5 Å². The fourth-order valence-electron chi connectivity index (χ4n) is 2.37. The van der Waals surface area contributed by atoms with Crippen LogP contribution in [0.2, 0.25) is 0 Å². The van der Waals surface area contributed by atoms with Crippen molar-refractivity contribution >= 4 is 12.3 Å². The Morgan fingerprint density at radius 2 is 1.39 bits per heavy atom. The molecule has 3 rings (SSSR count). The van der Waals surface area contributed by atoms with E-state index in [0.717, 1.165) is 23.5 Å². The van der Waals surface area contributed by atoms with Crippen LogP contribution in [0.4, 0.5) is 0 Å². The molecule has 1 aliphatic rings. The van der Waals surface area contributed by atoms with Gasteiger partial charge in [0.25, 0.3) is 0 Å². The average molecular weight is 258 g/mol. The molecular formula is C15H14O2S. The largest absolute Gasteiger partial charge is 0.284 e. The summed E-state index contributed by atoms with van der Waals surface area (Å²) in [5.41, 5.74) is 1.72. The van der Waals surface area contributed by atoms with E-state index in [9.17, 15) is 0 Å². The molecule has 1 atom stereocenters. The van der Waals surface area contributed by atoms with Crippen LogP contribution in [-0.4, -0.2) is 6.10 Å². The molecule has 0 aliphatic carbocycles. The summed E-state index contributed by atoms with van der Waals surface area (Å²) in [4.78, 5) is 0. The smallest absolute Gasteiger partial charge is 0.162 e. The summed E-state index contributed by atoms with van der Waals surface area (Å²) >= 11 is 1.08. The molecule has 2 nitrogen and oxygen atoms in total. The van der Waals surface area contributed by atoms with Crippen LogP contribution in [0.1, 0.15) is 18.1 Å². The molecule has 0 amide bonds. The van der Waals surface area contributed by atoms with Gasteiger partial charge in [0.15, 0.2) is 17.9 Å². The molecule has 1 fully saturated rings. The van der Waals surface area contributed by atoms with Gasteiger partial charge in [-0.25, -0.2) is 0 Å². The minimum atomic E-state index is -0.521. The summed E-state index contributed by atoms with van der Waals surface area (Å²) in [6.07, 6.45) is -0.0349. The van der Waals surface area contributed by atoms with E-state index in [-0.39, 0.29) is 6.10 Å². The zero-order chi connectivity index (χ0) is 12.4. The van der Waals surface area contributed by atoms with Crippen LogP contribution in [0.3, 0.4) is 0 Å². The summed E-state index contributed by atoms with van der Waals surface area (Å²) in [5, 5.41) is 0. The predicted octanol–water partition coefficient (Wildman–Crippen LogP) is 3.93. The molecule has 1 aliphatic heterocycles. The van der Waals surface area contributed by atoms with Gasteiger partial charge in [-0.1, -0.05) is 60.7 Å². The van der Waals surface area contributed by atoms with Gasteiger partial charge < -0.3 is 0 Å². The van der Waals surface area contributed by atoms with Gasteiger partial charge in [-0.3, -0.25) is 8.37 Å². The number of benzene rings is 2. The average Bonchev–Trinajstić information content (AvgIpc) is 2.84. The molecule has 0 saturated carbocycles. The molecule has 0 radical (unpaired) electrons. The summed E-state index contributed by atoms with van der Waals surface area (Å²) in [6.45, 7) is 2.04. The molecule has 92 valence electrons. The lowest BCUT2D eigenvalue weighted by Crippen LogP contribution is -2.36. The van der Waals surface area contributed by atoms with E-state index in [1.54, 1.807) is 0 Å². The maximum atomic E-state index is 5.92. The first-order valence-electron chi connectivity index (χ1n) is 5.96. The fourth-order valence-corrected chi connectivity index (χ4v) is 3.10. The lowest BCUT2D eigenvalue weighted by atomic mass is 9.82. The Morgan fingerprint density at radius 1 is 0.889 bits per heavy atom. The van der Waals surface area contributed by atoms with Crippen LogP contribution in [0.15, 0.2) is 60.7 Å². The summed E-state index contributed by atoms with van der Waals surface area (Å²) in [5.74, 6) is 0. The van der Waals surface area contributed by atoms with E-state index in [1.807, 2.05) is 43.3 Å². The number of rotatable bonds is 2. The van der Waals surface area contributed by atoms with Gasteiger partial charge in [0.2, 0.25) is 0 Å². The molecule has 0 aromatic heterocycles. The third kappa shape index (κ3) is 1.75. The van der Waals surface area contributed by atoms with Gasteiger partial charge in [0, 0.05) is 0 Å². The van der Waals surface area contributed by atoms with Crippen LogP contribution in [0.5, 0.6) is 0 Å². The van der Waals surface area contributed by atoms with Crippen molar-refractivity contribution < 1.29 is 8.37 Å². The van der Waals surface area contributed by atoms with E-state index in [2.05, 4.69) is 24.3 Å².